The summed E-state index contributed by atoms with van der Waals surface area (Å²) in [5.74, 6) is -1.48. The summed E-state index contributed by atoms with van der Waals surface area (Å²) in [6.45, 7) is 0. The van der Waals surface area contributed by atoms with Gasteiger partial charge in [-0.15, -0.1) is 0 Å². The average Bonchev–Trinajstić information content (AvgIpc) is 1.95. The summed E-state index contributed by atoms with van der Waals surface area (Å²) >= 11 is 0. The Hall–Kier alpha value is -1.27. The highest BCUT2D eigenvalue weighted by atomic mass is 19.4. The fourth-order valence-corrected chi connectivity index (χ4v) is 0.668. The minimum atomic E-state index is -4.40. The van der Waals surface area contributed by atoms with Gasteiger partial charge in [0.1, 0.15) is 6.04 Å². The Morgan fingerprint density at radius 1 is 1.54 bits per heavy atom. The third kappa shape index (κ3) is 5.94. The second-order valence-corrected chi connectivity index (χ2v) is 2.33. The molecule has 0 aromatic rings. The SMILES string of the molecule is O=CNC(CCC(F)(F)F)C(=O)O. The van der Waals surface area contributed by atoms with Crippen LogP contribution in [0.1, 0.15) is 12.8 Å². The molecule has 0 spiro atoms. The Bertz CT molecular complexity index is 192. The number of hydrogen-bond acceptors (Lipinski definition) is 2. The molecule has 0 aromatic heterocycles. The van der Waals surface area contributed by atoms with E-state index in [2.05, 4.69) is 0 Å². The molecular weight excluding hydrogens is 191 g/mol. The number of carbonyl (C=O) groups excluding carboxylic acids is 1. The smallest absolute Gasteiger partial charge is 0.389 e. The van der Waals surface area contributed by atoms with Gasteiger partial charge in [0.15, 0.2) is 0 Å². The summed E-state index contributed by atoms with van der Waals surface area (Å²) < 4.78 is 34.8. The largest absolute Gasteiger partial charge is 0.480 e. The molecule has 1 amide bonds. The molecule has 0 saturated heterocycles. The normalized spacial score (nSPS) is 13.5. The Morgan fingerprint density at radius 2 is 2.08 bits per heavy atom. The molecule has 4 nitrogen and oxygen atoms in total. The van der Waals surface area contributed by atoms with Crippen LogP contribution in [-0.4, -0.2) is 29.7 Å². The van der Waals surface area contributed by atoms with Crippen LogP contribution in [0.25, 0.3) is 0 Å². The van der Waals surface area contributed by atoms with Crippen molar-refractivity contribution < 1.29 is 27.9 Å². The lowest BCUT2D eigenvalue weighted by Gasteiger charge is -2.12. The number of amides is 1. The number of carboxylic acid groups (broad SMARTS) is 1. The van der Waals surface area contributed by atoms with Crippen molar-refractivity contribution in [3.05, 3.63) is 0 Å². The van der Waals surface area contributed by atoms with E-state index < -0.39 is 31.0 Å². The highest BCUT2D eigenvalue weighted by Crippen LogP contribution is 2.22. The topological polar surface area (TPSA) is 66.4 Å². The van der Waals surface area contributed by atoms with Crippen molar-refractivity contribution in [3.63, 3.8) is 0 Å². The lowest BCUT2D eigenvalue weighted by atomic mass is 10.1. The van der Waals surface area contributed by atoms with Crippen molar-refractivity contribution >= 4 is 12.4 Å². The first-order chi connectivity index (χ1) is 5.87. The number of carbonyl (C=O) groups is 2. The summed E-state index contributed by atoms with van der Waals surface area (Å²) in [4.78, 5) is 20.0. The maximum absolute atomic E-state index is 11.6. The zero-order valence-electron chi connectivity index (χ0n) is 6.47. The lowest BCUT2D eigenvalue weighted by molar-refractivity contribution is -0.147. The van der Waals surface area contributed by atoms with Crippen LogP contribution in [0.2, 0.25) is 0 Å². The second-order valence-electron chi connectivity index (χ2n) is 2.33. The summed E-state index contributed by atoms with van der Waals surface area (Å²) in [5.41, 5.74) is 0. The molecule has 0 aromatic carbocycles. The molecule has 76 valence electrons. The van der Waals surface area contributed by atoms with E-state index in [1.165, 1.54) is 0 Å². The van der Waals surface area contributed by atoms with Crippen molar-refractivity contribution in [2.24, 2.45) is 0 Å². The summed E-state index contributed by atoms with van der Waals surface area (Å²) in [6.07, 6.45) is -6.23. The second kappa shape index (κ2) is 4.68. The van der Waals surface area contributed by atoms with Gasteiger partial charge in [0.2, 0.25) is 6.41 Å². The van der Waals surface area contributed by atoms with Crippen LogP contribution in [0.4, 0.5) is 13.2 Å². The minimum Gasteiger partial charge on any atom is -0.480 e. The zero-order valence-corrected chi connectivity index (χ0v) is 6.47. The van der Waals surface area contributed by atoms with Gasteiger partial charge in [-0.25, -0.2) is 4.79 Å². The van der Waals surface area contributed by atoms with Crippen LogP contribution in [0.5, 0.6) is 0 Å². The van der Waals surface area contributed by atoms with E-state index in [0.29, 0.717) is 0 Å². The molecule has 0 aliphatic carbocycles. The highest BCUT2D eigenvalue weighted by Gasteiger charge is 2.30. The van der Waals surface area contributed by atoms with Crippen LogP contribution < -0.4 is 5.32 Å². The maximum atomic E-state index is 11.6. The first-order valence-corrected chi connectivity index (χ1v) is 3.36. The molecule has 0 heterocycles. The Morgan fingerprint density at radius 3 is 2.38 bits per heavy atom. The van der Waals surface area contributed by atoms with Gasteiger partial charge in [0.05, 0.1) is 0 Å². The molecule has 2 N–H and O–H groups in total. The number of rotatable bonds is 5. The molecule has 1 atom stereocenters. The molecular formula is C6H8F3NO3. The predicted octanol–water partition coefficient (Wildman–Crippen LogP) is 0.528. The number of hydrogen-bond donors (Lipinski definition) is 2. The van der Waals surface area contributed by atoms with Gasteiger partial charge < -0.3 is 10.4 Å². The Kier molecular flexibility index (Phi) is 4.22. The number of halogens is 3. The number of nitrogens with one attached hydrogen (secondary N) is 1. The molecule has 7 heteroatoms. The third-order valence-electron chi connectivity index (χ3n) is 1.28. The first-order valence-electron chi connectivity index (χ1n) is 3.36. The van der Waals surface area contributed by atoms with Gasteiger partial charge in [-0.1, -0.05) is 0 Å². The number of carboxylic acids is 1. The molecule has 0 bridgehead atoms. The molecule has 0 fully saturated rings. The fourth-order valence-electron chi connectivity index (χ4n) is 0.668. The zero-order chi connectivity index (χ0) is 10.5. The van der Waals surface area contributed by atoms with E-state index in [-0.39, 0.29) is 6.41 Å². The van der Waals surface area contributed by atoms with Gasteiger partial charge in [-0.05, 0) is 6.42 Å². The van der Waals surface area contributed by atoms with Crippen LogP contribution in [0.3, 0.4) is 0 Å². The van der Waals surface area contributed by atoms with E-state index in [0.717, 1.165) is 0 Å². The van der Waals surface area contributed by atoms with E-state index in [4.69, 9.17) is 5.11 Å². The standard InChI is InChI=1S/C6H8F3NO3/c7-6(8,9)2-1-4(5(12)13)10-3-11/h3-4H,1-2H2,(H,10,11)(H,12,13). The van der Waals surface area contributed by atoms with Crippen LogP contribution in [0.15, 0.2) is 0 Å². The molecule has 1 unspecified atom stereocenters. The van der Waals surface area contributed by atoms with Crippen molar-refractivity contribution in [1.82, 2.24) is 5.32 Å². The fraction of sp³-hybridized carbons (Fsp3) is 0.667. The highest BCUT2D eigenvalue weighted by molar-refractivity contribution is 5.76. The van der Waals surface area contributed by atoms with Crippen molar-refractivity contribution in [2.75, 3.05) is 0 Å². The molecule has 0 aliphatic heterocycles. The van der Waals surface area contributed by atoms with Crippen LogP contribution in [-0.2, 0) is 9.59 Å². The van der Waals surface area contributed by atoms with Crippen LogP contribution in [0, 0.1) is 0 Å². The first kappa shape index (κ1) is 11.7. The van der Waals surface area contributed by atoms with Crippen molar-refractivity contribution in [1.29, 1.82) is 0 Å². The van der Waals surface area contributed by atoms with E-state index >= 15 is 0 Å². The lowest BCUT2D eigenvalue weighted by Crippen LogP contribution is -2.36. The predicted molar refractivity (Wildman–Crippen MR) is 35.9 cm³/mol. The minimum absolute atomic E-state index is 0.0646. The number of aliphatic carboxylic acids is 1. The van der Waals surface area contributed by atoms with Gasteiger partial charge in [0.25, 0.3) is 0 Å². The molecule has 0 radical (unpaired) electrons. The summed E-state index contributed by atoms with van der Waals surface area (Å²) in [5, 5.41) is 10.1. The monoisotopic (exact) mass is 199 g/mol. The number of alkyl halides is 3. The maximum Gasteiger partial charge on any atom is 0.389 e. The summed E-state index contributed by atoms with van der Waals surface area (Å²) in [7, 11) is 0. The quantitative estimate of drug-likeness (QED) is 0.634. The van der Waals surface area contributed by atoms with Crippen molar-refractivity contribution in [3.8, 4) is 0 Å². The Labute approximate surface area is 71.7 Å². The van der Waals surface area contributed by atoms with Gasteiger partial charge in [-0.2, -0.15) is 13.2 Å². The van der Waals surface area contributed by atoms with Gasteiger partial charge in [0, 0.05) is 6.42 Å². The molecule has 0 aliphatic rings. The molecule has 0 rings (SSSR count). The Balaban J connectivity index is 3.97. The van der Waals surface area contributed by atoms with Gasteiger partial charge in [-0.3, -0.25) is 4.79 Å². The van der Waals surface area contributed by atoms with Crippen LogP contribution >= 0.6 is 0 Å². The third-order valence-corrected chi connectivity index (χ3v) is 1.28. The average molecular weight is 199 g/mol. The van der Waals surface area contributed by atoms with E-state index in [1.54, 1.807) is 5.32 Å². The van der Waals surface area contributed by atoms with E-state index in [9.17, 15) is 22.8 Å². The van der Waals surface area contributed by atoms with Gasteiger partial charge >= 0.3 is 12.1 Å². The molecule has 0 saturated carbocycles. The molecule has 13 heavy (non-hydrogen) atoms. The summed E-state index contributed by atoms with van der Waals surface area (Å²) in [6, 6.07) is -1.47. The van der Waals surface area contributed by atoms with Crippen molar-refractivity contribution in [2.45, 2.75) is 25.1 Å². The van der Waals surface area contributed by atoms with E-state index in [1.807, 2.05) is 0 Å².